The number of aromatic nitrogens is 2. The summed E-state index contributed by atoms with van der Waals surface area (Å²) in [7, 11) is 0. The van der Waals surface area contributed by atoms with Crippen molar-refractivity contribution in [3.8, 4) is 0 Å². The molecule has 8 nitrogen and oxygen atoms in total. The number of halogens is 1. The van der Waals surface area contributed by atoms with Gasteiger partial charge in [0.25, 0.3) is 0 Å². The fourth-order valence-corrected chi connectivity index (χ4v) is 5.05. The van der Waals surface area contributed by atoms with Gasteiger partial charge in [0.05, 0.1) is 43.3 Å². The molecule has 0 bridgehead atoms. The van der Waals surface area contributed by atoms with Gasteiger partial charge in [-0.05, 0) is 44.0 Å². The monoisotopic (exact) mass is 505 g/mol. The van der Waals surface area contributed by atoms with Gasteiger partial charge in [0.2, 0.25) is 5.91 Å². The number of nitrogens with zero attached hydrogens (tertiary/aromatic N) is 3. The predicted molar refractivity (Wildman–Crippen MR) is 130 cm³/mol. The maximum Gasteiger partial charge on any atom is 0.311 e. The fraction of sp³-hybridized carbons (Fsp3) is 0.458. The van der Waals surface area contributed by atoms with Gasteiger partial charge in [0, 0.05) is 34.1 Å². The molecule has 1 N–H and O–H groups in total. The first-order chi connectivity index (χ1) is 16.3. The largest absolute Gasteiger partial charge is 0.481 e. The number of amides is 1. The van der Waals surface area contributed by atoms with Gasteiger partial charge in [0.15, 0.2) is 0 Å². The maximum absolute atomic E-state index is 12.8. The topological polar surface area (TPSA) is 93.9 Å². The van der Waals surface area contributed by atoms with Crippen LogP contribution in [0.3, 0.4) is 0 Å². The van der Waals surface area contributed by atoms with Crippen LogP contribution in [0.1, 0.15) is 30.0 Å². The molecule has 1 aliphatic heterocycles. The lowest BCUT2D eigenvalue weighted by Crippen LogP contribution is -2.39. The van der Waals surface area contributed by atoms with Gasteiger partial charge in [-0.15, -0.1) is 11.3 Å². The highest BCUT2D eigenvalue weighted by atomic mass is 35.5. The minimum atomic E-state index is -0.955. The van der Waals surface area contributed by atoms with Crippen LogP contribution in [0.15, 0.2) is 29.8 Å². The molecular formula is C24H28ClN3O5S. The summed E-state index contributed by atoms with van der Waals surface area (Å²) in [6.07, 6.45) is 2.55. The Hall–Kier alpha value is -2.46. The van der Waals surface area contributed by atoms with Gasteiger partial charge in [0.1, 0.15) is 12.3 Å². The molecule has 0 spiro atoms. The second-order valence-electron chi connectivity index (χ2n) is 8.98. The first kappa shape index (κ1) is 24.7. The molecule has 34 heavy (non-hydrogen) atoms. The van der Waals surface area contributed by atoms with E-state index in [9.17, 15) is 9.59 Å². The Bertz CT molecular complexity index is 1190. The molecule has 4 rings (SSSR count). The molecule has 4 heterocycles. The van der Waals surface area contributed by atoms with Crippen LogP contribution in [0.2, 0.25) is 5.02 Å². The molecule has 0 aliphatic carbocycles. The Morgan fingerprint density at radius 2 is 2.09 bits per heavy atom. The highest BCUT2D eigenvalue weighted by Crippen LogP contribution is 2.31. The van der Waals surface area contributed by atoms with Crippen LogP contribution >= 0.6 is 22.9 Å². The number of fused-ring (bicyclic) bond motifs is 3. The number of carbonyl (C=O) groups is 2. The van der Waals surface area contributed by atoms with E-state index in [1.165, 1.54) is 5.56 Å². The lowest BCUT2D eigenvalue weighted by atomic mass is 9.95. The third-order valence-corrected chi connectivity index (χ3v) is 7.21. The number of carboxylic acids is 1. The molecular weight excluding hydrogens is 478 g/mol. The van der Waals surface area contributed by atoms with Crippen molar-refractivity contribution in [2.75, 3.05) is 33.0 Å². The molecule has 0 aromatic carbocycles. The lowest BCUT2D eigenvalue weighted by Gasteiger charge is -2.28. The van der Waals surface area contributed by atoms with Crippen molar-refractivity contribution in [2.45, 2.75) is 33.4 Å². The van der Waals surface area contributed by atoms with Crippen LogP contribution in [0, 0.1) is 5.41 Å². The summed E-state index contributed by atoms with van der Waals surface area (Å²) in [6, 6.07) is 6.00. The van der Waals surface area contributed by atoms with Crippen LogP contribution in [-0.2, 0) is 38.6 Å². The lowest BCUT2D eigenvalue weighted by molar-refractivity contribution is -0.150. The van der Waals surface area contributed by atoms with E-state index in [2.05, 4.69) is 15.6 Å². The summed E-state index contributed by atoms with van der Waals surface area (Å²) < 4.78 is 13.1. The minimum absolute atomic E-state index is 0.0416. The second kappa shape index (κ2) is 10.4. The average Bonchev–Trinajstić information content (AvgIpc) is 3.36. The van der Waals surface area contributed by atoms with E-state index in [0.29, 0.717) is 19.6 Å². The van der Waals surface area contributed by atoms with Crippen LogP contribution < -0.4 is 0 Å². The van der Waals surface area contributed by atoms with Crippen LogP contribution in [-0.4, -0.2) is 64.4 Å². The van der Waals surface area contributed by atoms with Gasteiger partial charge in [-0.2, -0.15) is 0 Å². The molecule has 3 aromatic rings. The van der Waals surface area contributed by atoms with Crippen molar-refractivity contribution in [3.05, 3.63) is 50.9 Å². The number of hydrogen-bond acceptors (Lipinski definition) is 6. The molecule has 0 atom stereocenters. The normalized spacial score (nSPS) is 13.9. The van der Waals surface area contributed by atoms with E-state index >= 15 is 0 Å². The van der Waals surface area contributed by atoms with Crippen molar-refractivity contribution < 1.29 is 24.2 Å². The van der Waals surface area contributed by atoms with Gasteiger partial charge in [-0.3, -0.25) is 9.59 Å². The van der Waals surface area contributed by atoms with Crippen molar-refractivity contribution in [3.63, 3.8) is 0 Å². The summed E-state index contributed by atoms with van der Waals surface area (Å²) in [6.45, 7) is 5.48. The number of pyridine rings is 1. The molecule has 10 heteroatoms. The standard InChI is InChI=1S/C24H28ClN3O5S/c1-24(2,23(30)31)15-33-9-8-32-13-21(29)27-7-5-18-19-4-3-6-26-22(19)28(20(18)12-27)11-17-10-16(25)14-34-17/h3-4,6,10,14H,5,7-9,11-13,15H2,1-2H3,(H,30,31). The summed E-state index contributed by atoms with van der Waals surface area (Å²) in [5.41, 5.74) is 2.30. The van der Waals surface area contributed by atoms with Gasteiger partial charge >= 0.3 is 5.97 Å². The summed E-state index contributed by atoms with van der Waals surface area (Å²) in [4.78, 5) is 31.5. The molecule has 3 aromatic heterocycles. The zero-order chi connectivity index (χ0) is 24.3. The predicted octanol–water partition coefficient (Wildman–Crippen LogP) is 3.83. The Morgan fingerprint density at radius 3 is 2.82 bits per heavy atom. The van der Waals surface area contributed by atoms with E-state index in [4.69, 9.17) is 26.2 Å². The first-order valence-corrected chi connectivity index (χ1v) is 12.4. The van der Waals surface area contributed by atoms with Crippen LogP contribution in [0.4, 0.5) is 0 Å². The molecule has 0 saturated heterocycles. The highest BCUT2D eigenvalue weighted by molar-refractivity contribution is 7.10. The van der Waals surface area contributed by atoms with E-state index in [0.717, 1.165) is 33.0 Å². The van der Waals surface area contributed by atoms with Crippen LogP contribution in [0.5, 0.6) is 0 Å². The minimum Gasteiger partial charge on any atom is -0.481 e. The van der Waals surface area contributed by atoms with Crippen molar-refractivity contribution >= 4 is 45.8 Å². The number of hydrogen-bond donors (Lipinski definition) is 1. The third kappa shape index (κ3) is 5.43. The summed E-state index contributed by atoms with van der Waals surface area (Å²) in [5.74, 6) is -0.997. The highest BCUT2D eigenvalue weighted by Gasteiger charge is 2.28. The third-order valence-electron chi connectivity index (χ3n) is 5.94. The summed E-state index contributed by atoms with van der Waals surface area (Å²) in [5, 5.41) is 12.9. The molecule has 1 amide bonds. The number of carbonyl (C=O) groups excluding carboxylic acids is 1. The zero-order valence-corrected chi connectivity index (χ0v) is 20.8. The summed E-state index contributed by atoms with van der Waals surface area (Å²) >= 11 is 7.74. The molecule has 0 unspecified atom stereocenters. The molecule has 182 valence electrons. The molecule has 0 saturated carbocycles. The first-order valence-electron chi connectivity index (χ1n) is 11.1. The van der Waals surface area contributed by atoms with E-state index in [1.807, 2.05) is 22.4 Å². The van der Waals surface area contributed by atoms with Crippen LogP contribution in [0.25, 0.3) is 11.0 Å². The van der Waals surface area contributed by atoms with Gasteiger partial charge < -0.3 is 24.0 Å². The fourth-order valence-electron chi connectivity index (χ4n) is 3.99. The average molecular weight is 506 g/mol. The SMILES string of the molecule is CC(C)(COCCOCC(=O)N1CCc2c(n(Cc3cc(Cl)cs3)c3ncccc23)C1)C(=O)O. The molecule has 0 fully saturated rings. The molecule has 1 aliphatic rings. The van der Waals surface area contributed by atoms with Crippen molar-refractivity contribution in [2.24, 2.45) is 5.41 Å². The maximum atomic E-state index is 12.8. The number of ether oxygens (including phenoxy) is 2. The molecule has 0 radical (unpaired) electrons. The van der Waals surface area contributed by atoms with E-state index in [1.54, 1.807) is 31.4 Å². The Morgan fingerprint density at radius 1 is 1.29 bits per heavy atom. The number of carboxylic acid groups (broad SMARTS) is 1. The number of aliphatic carboxylic acids is 1. The van der Waals surface area contributed by atoms with E-state index < -0.39 is 11.4 Å². The quantitative estimate of drug-likeness (QED) is 0.421. The number of rotatable bonds is 10. The number of thiophene rings is 1. The Balaban J connectivity index is 1.37. The Labute approximate surface area is 207 Å². The Kier molecular flexibility index (Phi) is 7.57. The smallest absolute Gasteiger partial charge is 0.311 e. The second-order valence-corrected chi connectivity index (χ2v) is 10.4. The van der Waals surface area contributed by atoms with Crippen molar-refractivity contribution in [1.29, 1.82) is 0 Å². The van der Waals surface area contributed by atoms with Crippen molar-refractivity contribution in [1.82, 2.24) is 14.5 Å². The van der Waals surface area contributed by atoms with E-state index in [-0.39, 0.29) is 32.3 Å². The van der Waals surface area contributed by atoms with Gasteiger partial charge in [-0.1, -0.05) is 11.6 Å². The van der Waals surface area contributed by atoms with Gasteiger partial charge in [-0.25, -0.2) is 4.98 Å². The zero-order valence-electron chi connectivity index (χ0n) is 19.3.